The molecule has 2 rings (SSSR count). The van der Waals surface area contributed by atoms with Crippen LogP contribution in [0.25, 0.3) is 0 Å². The Balaban J connectivity index is 2.47. The molecule has 5 heteroatoms. The van der Waals surface area contributed by atoms with Crippen LogP contribution < -0.4 is 10.1 Å². The SMILES string of the molecule is CNC(=O)/C(=N/OC)c1ccc(C)cc1Oc1ccccc1. The number of amides is 1. The summed E-state index contributed by atoms with van der Waals surface area (Å²) < 4.78 is 5.90. The fourth-order valence-electron chi connectivity index (χ4n) is 1.95. The molecule has 5 nitrogen and oxygen atoms in total. The van der Waals surface area contributed by atoms with E-state index in [0.717, 1.165) is 5.56 Å². The van der Waals surface area contributed by atoms with E-state index in [9.17, 15) is 4.79 Å². The summed E-state index contributed by atoms with van der Waals surface area (Å²) in [4.78, 5) is 16.8. The normalized spacial score (nSPS) is 11.0. The number of aryl methyl sites for hydroxylation is 1. The summed E-state index contributed by atoms with van der Waals surface area (Å²) in [6.07, 6.45) is 0. The van der Waals surface area contributed by atoms with Crippen LogP contribution in [-0.4, -0.2) is 25.8 Å². The van der Waals surface area contributed by atoms with Gasteiger partial charge in [-0.3, -0.25) is 4.79 Å². The Morgan fingerprint density at radius 2 is 1.86 bits per heavy atom. The Bertz CT molecular complexity index is 682. The van der Waals surface area contributed by atoms with Gasteiger partial charge in [0.1, 0.15) is 18.6 Å². The predicted molar refractivity (Wildman–Crippen MR) is 85.3 cm³/mol. The second kappa shape index (κ2) is 7.26. The van der Waals surface area contributed by atoms with Crippen molar-refractivity contribution in [2.24, 2.45) is 5.16 Å². The van der Waals surface area contributed by atoms with E-state index in [1.165, 1.54) is 7.11 Å². The minimum absolute atomic E-state index is 0.163. The molecule has 0 heterocycles. The minimum Gasteiger partial charge on any atom is -0.457 e. The van der Waals surface area contributed by atoms with Crippen LogP contribution >= 0.6 is 0 Å². The molecule has 0 unspecified atom stereocenters. The molecule has 1 amide bonds. The predicted octanol–water partition coefficient (Wildman–Crippen LogP) is 2.88. The van der Waals surface area contributed by atoms with Crippen molar-refractivity contribution < 1.29 is 14.4 Å². The van der Waals surface area contributed by atoms with Gasteiger partial charge in [-0.25, -0.2) is 0 Å². The largest absolute Gasteiger partial charge is 0.457 e. The molecule has 0 saturated heterocycles. The number of nitrogens with one attached hydrogen (secondary N) is 1. The summed E-state index contributed by atoms with van der Waals surface area (Å²) in [6, 6.07) is 14.9. The lowest BCUT2D eigenvalue weighted by Gasteiger charge is -2.13. The van der Waals surface area contributed by atoms with Crippen molar-refractivity contribution in [3.8, 4) is 11.5 Å². The third-order valence-corrected chi connectivity index (χ3v) is 2.99. The molecule has 2 aromatic rings. The van der Waals surface area contributed by atoms with Crippen molar-refractivity contribution in [3.05, 3.63) is 59.7 Å². The Morgan fingerprint density at radius 3 is 2.50 bits per heavy atom. The molecule has 0 fully saturated rings. The molecule has 0 aliphatic carbocycles. The quantitative estimate of drug-likeness (QED) is 0.682. The molecular formula is C17H18N2O3. The first kappa shape index (κ1) is 15.6. The smallest absolute Gasteiger partial charge is 0.273 e. The van der Waals surface area contributed by atoms with Gasteiger partial charge >= 0.3 is 0 Å². The first-order valence-corrected chi connectivity index (χ1v) is 6.83. The van der Waals surface area contributed by atoms with Gasteiger partial charge in [-0.1, -0.05) is 29.4 Å². The third kappa shape index (κ3) is 3.63. The highest BCUT2D eigenvalue weighted by Crippen LogP contribution is 2.27. The van der Waals surface area contributed by atoms with E-state index in [4.69, 9.17) is 9.57 Å². The van der Waals surface area contributed by atoms with Crippen molar-refractivity contribution >= 4 is 11.6 Å². The molecule has 0 saturated carbocycles. The van der Waals surface area contributed by atoms with Crippen LogP contribution in [0.1, 0.15) is 11.1 Å². The van der Waals surface area contributed by atoms with Crippen LogP contribution in [0.3, 0.4) is 0 Å². The number of rotatable bonds is 5. The average Bonchev–Trinajstić information content (AvgIpc) is 2.54. The molecule has 0 aliphatic heterocycles. The summed E-state index contributed by atoms with van der Waals surface area (Å²) in [7, 11) is 2.94. The topological polar surface area (TPSA) is 59.9 Å². The number of benzene rings is 2. The highest BCUT2D eigenvalue weighted by Gasteiger charge is 2.19. The van der Waals surface area contributed by atoms with E-state index < -0.39 is 0 Å². The number of oxime groups is 1. The first-order chi connectivity index (χ1) is 10.7. The van der Waals surface area contributed by atoms with Crippen molar-refractivity contribution in [2.75, 3.05) is 14.2 Å². The molecule has 0 radical (unpaired) electrons. The number of ether oxygens (including phenoxy) is 1. The maximum atomic E-state index is 12.0. The summed E-state index contributed by atoms with van der Waals surface area (Å²) in [6.45, 7) is 1.95. The summed E-state index contributed by atoms with van der Waals surface area (Å²) in [5, 5.41) is 6.37. The summed E-state index contributed by atoms with van der Waals surface area (Å²) in [5.74, 6) is 0.886. The molecule has 0 atom stereocenters. The standard InChI is InChI=1S/C17H18N2O3/c1-12-9-10-14(16(19-21-3)17(20)18-2)15(11-12)22-13-7-5-4-6-8-13/h4-11H,1-3H3,(H,18,20)/b19-16+. The zero-order chi connectivity index (χ0) is 15.9. The van der Waals surface area contributed by atoms with E-state index in [1.807, 2.05) is 49.4 Å². The number of hydrogen-bond acceptors (Lipinski definition) is 4. The molecular weight excluding hydrogens is 280 g/mol. The summed E-state index contributed by atoms with van der Waals surface area (Å²) in [5.41, 5.74) is 1.75. The molecule has 0 spiro atoms. The van der Waals surface area contributed by atoms with Gasteiger partial charge < -0.3 is 14.9 Å². The van der Waals surface area contributed by atoms with E-state index in [0.29, 0.717) is 17.1 Å². The van der Waals surface area contributed by atoms with Crippen molar-refractivity contribution in [1.82, 2.24) is 5.32 Å². The van der Waals surface area contributed by atoms with Crippen LogP contribution in [0.5, 0.6) is 11.5 Å². The number of carbonyl (C=O) groups is 1. The number of nitrogens with zero attached hydrogens (tertiary/aromatic N) is 1. The molecule has 1 N–H and O–H groups in total. The lowest BCUT2D eigenvalue weighted by molar-refractivity contribution is -0.114. The fourth-order valence-corrected chi connectivity index (χ4v) is 1.95. The lowest BCUT2D eigenvalue weighted by Crippen LogP contribution is -2.28. The molecule has 0 bridgehead atoms. The van der Waals surface area contributed by atoms with E-state index in [-0.39, 0.29) is 11.6 Å². The molecule has 22 heavy (non-hydrogen) atoms. The fraction of sp³-hybridized carbons (Fsp3) is 0.176. The Morgan fingerprint density at radius 1 is 1.14 bits per heavy atom. The molecule has 2 aromatic carbocycles. The maximum Gasteiger partial charge on any atom is 0.273 e. The van der Waals surface area contributed by atoms with Gasteiger partial charge in [0.05, 0.1) is 5.56 Å². The van der Waals surface area contributed by atoms with Gasteiger partial charge in [0.15, 0.2) is 5.71 Å². The highest BCUT2D eigenvalue weighted by molar-refractivity contribution is 6.45. The van der Waals surface area contributed by atoms with Gasteiger partial charge in [0.25, 0.3) is 5.91 Å². The van der Waals surface area contributed by atoms with Gasteiger partial charge in [-0.15, -0.1) is 0 Å². The van der Waals surface area contributed by atoms with Crippen LogP contribution in [0.15, 0.2) is 53.7 Å². The zero-order valence-corrected chi connectivity index (χ0v) is 12.8. The third-order valence-electron chi connectivity index (χ3n) is 2.99. The van der Waals surface area contributed by atoms with Crippen molar-refractivity contribution in [3.63, 3.8) is 0 Å². The number of likely N-dealkylation sites (N-methyl/N-ethyl adjacent to an activating group) is 1. The average molecular weight is 298 g/mol. The van der Waals surface area contributed by atoms with Crippen molar-refractivity contribution in [2.45, 2.75) is 6.92 Å². The number of hydrogen-bond donors (Lipinski definition) is 1. The molecule has 114 valence electrons. The number of para-hydroxylation sites is 1. The Hall–Kier alpha value is -2.82. The van der Waals surface area contributed by atoms with Crippen molar-refractivity contribution in [1.29, 1.82) is 0 Å². The second-order valence-corrected chi connectivity index (χ2v) is 4.62. The first-order valence-electron chi connectivity index (χ1n) is 6.83. The monoisotopic (exact) mass is 298 g/mol. The Kier molecular flexibility index (Phi) is 5.14. The van der Waals surface area contributed by atoms with Gasteiger partial charge in [-0.05, 0) is 36.8 Å². The van der Waals surface area contributed by atoms with Gasteiger partial charge in [0.2, 0.25) is 0 Å². The van der Waals surface area contributed by atoms with Crippen LogP contribution in [0.4, 0.5) is 0 Å². The molecule has 0 aliphatic rings. The van der Waals surface area contributed by atoms with E-state index in [2.05, 4.69) is 10.5 Å². The zero-order valence-electron chi connectivity index (χ0n) is 12.8. The van der Waals surface area contributed by atoms with E-state index in [1.54, 1.807) is 13.1 Å². The van der Waals surface area contributed by atoms with Crippen LogP contribution in [0.2, 0.25) is 0 Å². The molecule has 0 aromatic heterocycles. The Labute approximate surface area is 129 Å². The van der Waals surface area contributed by atoms with E-state index >= 15 is 0 Å². The highest BCUT2D eigenvalue weighted by atomic mass is 16.6. The van der Waals surface area contributed by atoms with Crippen LogP contribution in [-0.2, 0) is 9.63 Å². The van der Waals surface area contributed by atoms with Crippen LogP contribution in [0, 0.1) is 6.92 Å². The second-order valence-electron chi connectivity index (χ2n) is 4.62. The maximum absolute atomic E-state index is 12.0. The lowest BCUT2D eigenvalue weighted by atomic mass is 10.1. The summed E-state index contributed by atoms with van der Waals surface area (Å²) >= 11 is 0. The van der Waals surface area contributed by atoms with Gasteiger partial charge in [-0.2, -0.15) is 0 Å². The van der Waals surface area contributed by atoms with Gasteiger partial charge in [0, 0.05) is 7.05 Å². The number of carbonyl (C=O) groups excluding carboxylic acids is 1. The minimum atomic E-state index is -0.344.